The summed E-state index contributed by atoms with van der Waals surface area (Å²) in [6.07, 6.45) is 0. The van der Waals surface area contributed by atoms with Crippen LogP contribution in [0, 0.1) is 0 Å². The topological polar surface area (TPSA) is 17.1 Å². The molecule has 0 spiro atoms. The second-order valence-electron chi connectivity index (χ2n) is 3.33. The van der Waals surface area contributed by atoms with E-state index in [1.807, 2.05) is 30.3 Å². The predicted molar refractivity (Wildman–Crippen MR) is 72.2 cm³/mol. The zero-order valence-electron chi connectivity index (χ0n) is 8.69. The highest BCUT2D eigenvalue weighted by Crippen LogP contribution is 2.32. The van der Waals surface area contributed by atoms with E-state index in [0.29, 0.717) is 10.6 Å². The maximum atomic E-state index is 11.3. The van der Waals surface area contributed by atoms with Crippen LogP contribution in [0.15, 0.2) is 58.3 Å². The zero-order chi connectivity index (χ0) is 12.3. The first kappa shape index (κ1) is 12.5. The molecule has 0 unspecified atom stereocenters. The summed E-state index contributed by atoms with van der Waals surface area (Å²) in [6, 6.07) is 14.8. The van der Waals surface area contributed by atoms with Gasteiger partial charge in [0.25, 0.3) is 5.24 Å². The Hall–Kier alpha value is -0.960. The number of hydrogen-bond acceptors (Lipinski definition) is 2. The summed E-state index contributed by atoms with van der Waals surface area (Å²) in [7, 11) is 0. The Balaban J connectivity index is 2.37. The van der Waals surface area contributed by atoms with Crippen LogP contribution in [0.4, 0.5) is 0 Å². The molecule has 4 heteroatoms. The van der Waals surface area contributed by atoms with E-state index in [4.69, 9.17) is 23.2 Å². The molecule has 17 heavy (non-hydrogen) atoms. The largest absolute Gasteiger partial charge is 0.276 e. The lowest BCUT2D eigenvalue weighted by atomic mass is 10.2. The highest BCUT2D eigenvalue weighted by atomic mass is 35.5. The van der Waals surface area contributed by atoms with Gasteiger partial charge in [-0.15, -0.1) is 0 Å². The Labute approximate surface area is 114 Å². The molecule has 2 aromatic rings. The normalized spacial score (nSPS) is 10.2. The minimum Gasteiger partial charge on any atom is -0.276 e. The predicted octanol–water partition coefficient (Wildman–Crippen LogP) is 4.87. The van der Waals surface area contributed by atoms with Gasteiger partial charge in [-0.25, -0.2) is 0 Å². The SMILES string of the molecule is O=C(Cl)c1ccc(Cl)cc1Sc1ccccc1. The summed E-state index contributed by atoms with van der Waals surface area (Å²) in [5.74, 6) is 0. The Morgan fingerprint density at radius 1 is 1.06 bits per heavy atom. The molecule has 2 rings (SSSR count). The molecule has 2 aromatic carbocycles. The lowest BCUT2D eigenvalue weighted by Crippen LogP contribution is -1.91. The summed E-state index contributed by atoms with van der Waals surface area (Å²) in [5, 5.41) is 0.116. The maximum absolute atomic E-state index is 11.3. The van der Waals surface area contributed by atoms with Gasteiger partial charge >= 0.3 is 0 Å². The van der Waals surface area contributed by atoms with Gasteiger partial charge in [-0.05, 0) is 41.9 Å². The third-order valence-electron chi connectivity index (χ3n) is 2.13. The monoisotopic (exact) mass is 282 g/mol. The minimum absolute atomic E-state index is 0.472. The molecule has 0 saturated heterocycles. The fourth-order valence-corrected chi connectivity index (χ4v) is 2.82. The highest BCUT2D eigenvalue weighted by molar-refractivity contribution is 7.99. The summed E-state index contributed by atoms with van der Waals surface area (Å²) >= 11 is 12.9. The van der Waals surface area contributed by atoms with Gasteiger partial charge in [-0.1, -0.05) is 41.6 Å². The van der Waals surface area contributed by atoms with E-state index in [1.54, 1.807) is 18.2 Å². The first-order valence-electron chi connectivity index (χ1n) is 4.89. The second-order valence-corrected chi connectivity index (χ2v) is 5.22. The van der Waals surface area contributed by atoms with Crippen molar-refractivity contribution in [3.8, 4) is 0 Å². The van der Waals surface area contributed by atoms with Crippen LogP contribution < -0.4 is 0 Å². The van der Waals surface area contributed by atoms with Crippen LogP contribution in [0.1, 0.15) is 10.4 Å². The highest BCUT2D eigenvalue weighted by Gasteiger charge is 2.10. The molecule has 0 aliphatic heterocycles. The van der Waals surface area contributed by atoms with E-state index >= 15 is 0 Å². The lowest BCUT2D eigenvalue weighted by Gasteiger charge is -2.06. The minimum atomic E-state index is -0.472. The van der Waals surface area contributed by atoms with E-state index in [1.165, 1.54) is 11.8 Å². The molecule has 0 saturated carbocycles. The van der Waals surface area contributed by atoms with E-state index in [0.717, 1.165) is 9.79 Å². The Kier molecular flexibility index (Phi) is 4.11. The summed E-state index contributed by atoms with van der Waals surface area (Å²) < 4.78 is 0. The number of rotatable bonds is 3. The maximum Gasteiger partial charge on any atom is 0.253 e. The van der Waals surface area contributed by atoms with Crippen LogP contribution in [0.3, 0.4) is 0 Å². The number of halogens is 2. The zero-order valence-corrected chi connectivity index (χ0v) is 11.0. The van der Waals surface area contributed by atoms with Crippen LogP contribution in [-0.2, 0) is 0 Å². The number of hydrogen-bond donors (Lipinski definition) is 0. The molecule has 0 amide bonds. The van der Waals surface area contributed by atoms with E-state index in [-0.39, 0.29) is 0 Å². The molecule has 0 fully saturated rings. The van der Waals surface area contributed by atoms with Gasteiger partial charge in [0.15, 0.2) is 0 Å². The molecule has 0 atom stereocenters. The van der Waals surface area contributed by atoms with E-state index in [9.17, 15) is 4.79 Å². The lowest BCUT2D eigenvalue weighted by molar-refractivity contribution is 0.107. The van der Waals surface area contributed by atoms with Crippen molar-refractivity contribution < 1.29 is 4.79 Å². The van der Waals surface area contributed by atoms with Gasteiger partial charge in [-0.2, -0.15) is 0 Å². The van der Waals surface area contributed by atoms with Crippen molar-refractivity contribution in [3.63, 3.8) is 0 Å². The average Bonchev–Trinajstić information content (AvgIpc) is 2.30. The van der Waals surface area contributed by atoms with Crippen LogP contribution in [-0.4, -0.2) is 5.24 Å². The van der Waals surface area contributed by atoms with Crippen molar-refractivity contribution in [3.05, 3.63) is 59.1 Å². The molecular weight excluding hydrogens is 275 g/mol. The van der Waals surface area contributed by atoms with Crippen LogP contribution in [0.2, 0.25) is 5.02 Å². The van der Waals surface area contributed by atoms with Gasteiger partial charge in [0.2, 0.25) is 0 Å². The number of carbonyl (C=O) groups excluding carboxylic acids is 1. The van der Waals surface area contributed by atoms with E-state index in [2.05, 4.69) is 0 Å². The first-order valence-corrected chi connectivity index (χ1v) is 6.46. The molecule has 0 bridgehead atoms. The van der Waals surface area contributed by atoms with Gasteiger partial charge in [0.05, 0.1) is 0 Å². The van der Waals surface area contributed by atoms with Gasteiger partial charge in [0, 0.05) is 20.4 Å². The quantitative estimate of drug-likeness (QED) is 0.747. The van der Waals surface area contributed by atoms with Crippen molar-refractivity contribution in [2.24, 2.45) is 0 Å². The summed E-state index contributed by atoms with van der Waals surface area (Å²) in [4.78, 5) is 13.1. The number of benzene rings is 2. The third kappa shape index (κ3) is 3.25. The Morgan fingerprint density at radius 3 is 2.41 bits per heavy atom. The van der Waals surface area contributed by atoms with E-state index < -0.39 is 5.24 Å². The smallest absolute Gasteiger partial charge is 0.253 e. The van der Waals surface area contributed by atoms with Crippen LogP contribution >= 0.6 is 35.0 Å². The molecule has 0 aromatic heterocycles. The van der Waals surface area contributed by atoms with Gasteiger partial charge in [-0.3, -0.25) is 4.79 Å². The van der Waals surface area contributed by atoms with Crippen molar-refractivity contribution in [2.75, 3.05) is 0 Å². The average molecular weight is 283 g/mol. The summed E-state index contributed by atoms with van der Waals surface area (Å²) in [5.41, 5.74) is 0.477. The van der Waals surface area contributed by atoms with Crippen LogP contribution in [0.25, 0.3) is 0 Å². The fourth-order valence-electron chi connectivity index (χ4n) is 1.36. The molecule has 86 valence electrons. The second kappa shape index (κ2) is 5.58. The number of carbonyl (C=O) groups is 1. The summed E-state index contributed by atoms with van der Waals surface area (Å²) in [6.45, 7) is 0. The Morgan fingerprint density at radius 2 is 1.76 bits per heavy atom. The van der Waals surface area contributed by atoms with Crippen molar-refractivity contribution >= 4 is 40.2 Å². The Bertz CT molecular complexity index is 540. The van der Waals surface area contributed by atoms with Gasteiger partial charge < -0.3 is 0 Å². The first-order chi connectivity index (χ1) is 8.16. The van der Waals surface area contributed by atoms with Crippen LogP contribution in [0.5, 0.6) is 0 Å². The molecule has 0 radical (unpaired) electrons. The van der Waals surface area contributed by atoms with Crippen molar-refractivity contribution in [1.29, 1.82) is 0 Å². The molecule has 0 aliphatic carbocycles. The third-order valence-corrected chi connectivity index (χ3v) is 3.63. The molecule has 0 aliphatic rings. The molecule has 0 N–H and O–H groups in total. The molecular formula is C13H8Cl2OS. The van der Waals surface area contributed by atoms with Gasteiger partial charge in [0.1, 0.15) is 0 Å². The van der Waals surface area contributed by atoms with Crippen molar-refractivity contribution in [1.82, 2.24) is 0 Å². The van der Waals surface area contributed by atoms with Crippen molar-refractivity contribution in [2.45, 2.75) is 9.79 Å². The molecule has 1 nitrogen and oxygen atoms in total. The molecule has 0 heterocycles. The standard InChI is InChI=1S/C13H8Cl2OS/c14-9-6-7-11(13(15)16)12(8-9)17-10-4-2-1-3-5-10/h1-8H. The fraction of sp³-hybridized carbons (Fsp3) is 0.